The van der Waals surface area contributed by atoms with Crippen molar-refractivity contribution in [3.05, 3.63) is 46.8 Å². The van der Waals surface area contributed by atoms with Gasteiger partial charge in [-0.15, -0.1) is 0 Å². The van der Waals surface area contributed by atoms with Crippen molar-refractivity contribution in [3.63, 3.8) is 0 Å². The van der Waals surface area contributed by atoms with Crippen LogP contribution in [0.4, 0.5) is 4.39 Å². The molecule has 1 aliphatic rings. The van der Waals surface area contributed by atoms with Gasteiger partial charge in [-0.25, -0.2) is 4.39 Å². The first-order valence-electron chi connectivity index (χ1n) is 5.57. The Hall–Kier alpha value is -0.860. The fourth-order valence-electron chi connectivity index (χ4n) is 1.95. The zero-order valence-electron chi connectivity index (χ0n) is 9.05. The lowest BCUT2D eigenvalue weighted by Crippen LogP contribution is -2.29. The monoisotopic (exact) mass is 239 g/mol. The molecule has 1 nitrogen and oxygen atoms in total. The van der Waals surface area contributed by atoms with Gasteiger partial charge in [0.05, 0.1) is 0 Å². The number of hydrogen-bond donors (Lipinski definition) is 1. The molecule has 2 rings (SSSR count). The van der Waals surface area contributed by atoms with Gasteiger partial charge in [-0.2, -0.15) is 0 Å². The normalized spacial score (nSPS) is 20.0. The summed E-state index contributed by atoms with van der Waals surface area (Å²) in [5, 5.41) is 3.87. The van der Waals surface area contributed by atoms with E-state index in [2.05, 4.69) is 17.5 Å². The first kappa shape index (κ1) is 11.6. The number of hydrogen-bond acceptors (Lipinski definition) is 1. The molecule has 1 atom stereocenters. The van der Waals surface area contributed by atoms with Crippen LogP contribution in [0.1, 0.15) is 24.8 Å². The van der Waals surface area contributed by atoms with Gasteiger partial charge in [-0.3, -0.25) is 0 Å². The molecule has 0 aliphatic heterocycles. The molecule has 0 saturated carbocycles. The topological polar surface area (TPSA) is 12.0 Å². The van der Waals surface area contributed by atoms with Crippen molar-refractivity contribution >= 4 is 11.6 Å². The summed E-state index contributed by atoms with van der Waals surface area (Å²) < 4.78 is 13.1. The Kier molecular flexibility index (Phi) is 3.97. The fourth-order valence-corrected chi connectivity index (χ4v) is 2.20. The van der Waals surface area contributed by atoms with E-state index in [1.54, 1.807) is 6.07 Å². The minimum absolute atomic E-state index is 0.271. The number of nitrogens with one attached hydrogen (secondary N) is 1. The highest BCUT2D eigenvalue weighted by atomic mass is 35.5. The van der Waals surface area contributed by atoms with Crippen molar-refractivity contribution < 1.29 is 4.39 Å². The molecular formula is C13H15ClFN. The van der Waals surface area contributed by atoms with Gasteiger partial charge in [-0.05, 0) is 43.0 Å². The average Bonchev–Trinajstić information content (AvgIpc) is 2.27. The van der Waals surface area contributed by atoms with Crippen LogP contribution in [0.15, 0.2) is 30.4 Å². The van der Waals surface area contributed by atoms with Gasteiger partial charge in [0.15, 0.2) is 0 Å². The molecule has 0 heterocycles. The van der Waals surface area contributed by atoms with Crippen LogP contribution in [0, 0.1) is 5.82 Å². The van der Waals surface area contributed by atoms with E-state index < -0.39 is 0 Å². The van der Waals surface area contributed by atoms with Crippen LogP contribution in [0.25, 0.3) is 0 Å². The summed E-state index contributed by atoms with van der Waals surface area (Å²) in [7, 11) is 0. The molecule has 0 aromatic heterocycles. The van der Waals surface area contributed by atoms with E-state index in [9.17, 15) is 4.39 Å². The van der Waals surface area contributed by atoms with Crippen LogP contribution in [-0.4, -0.2) is 6.04 Å². The molecule has 3 heteroatoms. The van der Waals surface area contributed by atoms with Gasteiger partial charge < -0.3 is 5.32 Å². The van der Waals surface area contributed by atoms with Gasteiger partial charge >= 0.3 is 0 Å². The largest absolute Gasteiger partial charge is 0.310 e. The summed E-state index contributed by atoms with van der Waals surface area (Å²) >= 11 is 5.79. The quantitative estimate of drug-likeness (QED) is 0.794. The molecule has 0 fully saturated rings. The molecular weight excluding hydrogens is 225 g/mol. The number of allylic oxidation sites excluding steroid dienone is 1. The number of halogens is 2. The van der Waals surface area contributed by atoms with Crippen molar-refractivity contribution in [2.24, 2.45) is 0 Å². The summed E-state index contributed by atoms with van der Waals surface area (Å²) in [6, 6.07) is 5.16. The van der Waals surface area contributed by atoms with Crippen molar-refractivity contribution in [2.45, 2.75) is 31.8 Å². The second kappa shape index (κ2) is 5.46. The fraction of sp³-hybridized carbons (Fsp3) is 0.385. The Morgan fingerprint density at radius 3 is 2.88 bits per heavy atom. The Labute approximate surface area is 100 Å². The first-order chi connectivity index (χ1) is 7.74. The van der Waals surface area contributed by atoms with Crippen molar-refractivity contribution in [3.8, 4) is 0 Å². The molecule has 0 radical (unpaired) electrons. The van der Waals surface area contributed by atoms with Gasteiger partial charge in [0.2, 0.25) is 0 Å². The Morgan fingerprint density at radius 1 is 1.31 bits per heavy atom. The zero-order chi connectivity index (χ0) is 11.4. The van der Waals surface area contributed by atoms with E-state index in [4.69, 9.17) is 11.6 Å². The standard InChI is InChI=1S/C13H15ClFN/c14-11-6-10(7-12(15)8-11)9-16-13-4-2-1-3-5-13/h1-2,6-8,13,16H,3-5,9H2. The molecule has 1 unspecified atom stereocenters. The molecule has 1 aromatic rings. The smallest absolute Gasteiger partial charge is 0.125 e. The second-order valence-electron chi connectivity index (χ2n) is 4.14. The van der Waals surface area contributed by atoms with Crippen molar-refractivity contribution in [1.29, 1.82) is 0 Å². The maximum absolute atomic E-state index is 13.1. The van der Waals surface area contributed by atoms with Gasteiger partial charge in [0, 0.05) is 17.6 Å². The van der Waals surface area contributed by atoms with Crippen LogP contribution in [0.5, 0.6) is 0 Å². The minimum atomic E-state index is -0.271. The van der Waals surface area contributed by atoms with E-state index in [-0.39, 0.29) is 5.82 Å². The lowest BCUT2D eigenvalue weighted by Gasteiger charge is -2.19. The van der Waals surface area contributed by atoms with Crippen LogP contribution >= 0.6 is 11.6 Å². The second-order valence-corrected chi connectivity index (χ2v) is 4.58. The number of benzene rings is 1. The molecule has 1 aliphatic carbocycles. The van der Waals surface area contributed by atoms with Gasteiger partial charge in [-0.1, -0.05) is 23.8 Å². The van der Waals surface area contributed by atoms with E-state index in [0.29, 0.717) is 17.6 Å². The van der Waals surface area contributed by atoms with E-state index >= 15 is 0 Å². The zero-order valence-corrected chi connectivity index (χ0v) is 9.80. The summed E-state index contributed by atoms with van der Waals surface area (Å²) in [6.07, 6.45) is 7.74. The summed E-state index contributed by atoms with van der Waals surface area (Å²) in [4.78, 5) is 0. The molecule has 0 saturated heterocycles. The van der Waals surface area contributed by atoms with Crippen molar-refractivity contribution in [2.75, 3.05) is 0 Å². The van der Waals surface area contributed by atoms with Crippen LogP contribution < -0.4 is 5.32 Å². The third-order valence-corrected chi connectivity index (χ3v) is 3.00. The predicted molar refractivity (Wildman–Crippen MR) is 65.0 cm³/mol. The van der Waals surface area contributed by atoms with E-state index in [0.717, 1.165) is 24.8 Å². The Morgan fingerprint density at radius 2 is 2.19 bits per heavy atom. The highest BCUT2D eigenvalue weighted by Crippen LogP contribution is 2.15. The Bertz CT molecular complexity index is 369. The van der Waals surface area contributed by atoms with E-state index in [1.165, 1.54) is 12.1 Å². The highest BCUT2D eigenvalue weighted by molar-refractivity contribution is 6.30. The summed E-state index contributed by atoms with van der Waals surface area (Å²) in [5.74, 6) is -0.271. The van der Waals surface area contributed by atoms with Crippen LogP contribution in [0.2, 0.25) is 5.02 Å². The van der Waals surface area contributed by atoms with Crippen LogP contribution in [-0.2, 0) is 6.54 Å². The van der Waals surface area contributed by atoms with E-state index in [1.807, 2.05) is 0 Å². The maximum Gasteiger partial charge on any atom is 0.125 e. The lowest BCUT2D eigenvalue weighted by molar-refractivity contribution is 0.473. The minimum Gasteiger partial charge on any atom is -0.310 e. The number of rotatable bonds is 3. The van der Waals surface area contributed by atoms with Gasteiger partial charge in [0.1, 0.15) is 5.82 Å². The molecule has 1 aromatic carbocycles. The average molecular weight is 240 g/mol. The first-order valence-corrected chi connectivity index (χ1v) is 5.95. The summed E-state index contributed by atoms with van der Waals surface area (Å²) in [5.41, 5.74) is 0.902. The molecule has 0 spiro atoms. The molecule has 16 heavy (non-hydrogen) atoms. The van der Waals surface area contributed by atoms with Crippen LogP contribution in [0.3, 0.4) is 0 Å². The molecule has 0 bridgehead atoms. The predicted octanol–water partition coefficient (Wildman–Crippen LogP) is 3.68. The molecule has 1 N–H and O–H groups in total. The third kappa shape index (κ3) is 3.32. The summed E-state index contributed by atoms with van der Waals surface area (Å²) in [6.45, 7) is 0.677. The third-order valence-electron chi connectivity index (χ3n) is 2.79. The lowest BCUT2D eigenvalue weighted by atomic mass is 10.0. The molecule has 0 amide bonds. The highest BCUT2D eigenvalue weighted by Gasteiger charge is 2.09. The van der Waals surface area contributed by atoms with Gasteiger partial charge in [0.25, 0.3) is 0 Å². The Balaban J connectivity index is 1.91. The molecule has 86 valence electrons. The SMILES string of the molecule is Fc1cc(Cl)cc(CNC2CC=CCC2)c1. The maximum atomic E-state index is 13.1. The van der Waals surface area contributed by atoms with Crippen molar-refractivity contribution in [1.82, 2.24) is 5.32 Å².